The van der Waals surface area contributed by atoms with E-state index in [0.717, 1.165) is 26.1 Å². The Hall–Kier alpha value is -1.72. The minimum absolute atomic E-state index is 1.04. The van der Waals surface area contributed by atoms with Gasteiger partial charge in [0.1, 0.15) is 0 Å². The molecule has 2 heteroatoms. The van der Waals surface area contributed by atoms with E-state index < -0.39 is 0 Å². The van der Waals surface area contributed by atoms with Gasteiger partial charge in [-0.1, -0.05) is 91.3 Å². The van der Waals surface area contributed by atoms with E-state index in [1.165, 1.54) is 24.2 Å². The number of allylic oxidation sites excluding steroid dienone is 1. The van der Waals surface area contributed by atoms with Gasteiger partial charge >= 0.3 is 0 Å². The number of nitrogens with zero attached hydrogens (tertiary/aromatic N) is 2. The third-order valence-corrected chi connectivity index (χ3v) is 3.49. The summed E-state index contributed by atoms with van der Waals surface area (Å²) < 4.78 is 0. The van der Waals surface area contributed by atoms with Crippen LogP contribution in [0.2, 0.25) is 0 Å². The first-order valence-electron chi connectivity index (χ1n) is 10.2. The van der Waals surface area contributed by atoms with Gasteiger partial charge in [-0.25, -0.2) is 0 Å². The van der Waals surface area contributed by atoms with Crippen molar-refractivity contribution in [2.75, 3.05) is 33.2 Å². The van der Waals surface area contributed by atoms with Crippen LogP contribution in [0.25, 0.3) is 0 Å². The van der Waals surface area contributed by atoms with Crippen LogP contribution in [0.3, 0.4) is 0 Å². The first-order chi connectivity index (χ1) is 12.7. The Kier molecular flexibility index (Phi) is 26.0. The third kappa shape index (κ3) is 14.6. The molecular weight excluding hydrogens is 316 g/mol. The van der Waals surface area contributed by atoms with Crippen LogP contribution >= 0.6 is 0 Å². The van der Waals surface area contributed by atoms with Gasteiger partial charge in [0, 0.05) is 32.4 Å². The fourth-order valence-electron chi connectivity index (χ4n) is 2.20. The summed E-state index contributed by atoms with van der Waals surface area (Å²) in [5, 5.41) is 0. The van der Waals surface area contributed by atoms with E-state index in [-0.39, 0.29) is 0 Å². The van der Waals surface area contributed by atoms with Crippen molar-refractivity contribution in [1.82, 2.24) is 9.80 Å². The van der Waals surface area contributed by atoms with Gasteiger partial charge in [0.15, 0.2) is 0 Å². The summed E-state index contributed by atoms with van der Waals surface area (Å²) in [7, 11) is 2.20. The molecule has 1 aromatic carbocycles. The number of likely N-dealkylation sites (N-methyl/N-ethyl adjacent to an activating group) is 2. The van der Waals surface area contributed by atoms with Crippen molar-refractivity contribution in [2.45, 2.75) is 61.3 Å². The lowest BCUT2D eigenvalue weighted by molar-refractivity contribution is 0.203. The van der Waals surface area contributed by atoms with Crippen LogP contribution in [0.5, 0.6) is 0 Å². The zero-order valence-electron chi connectivity index (χ0n) is 18.8. The van der Waals surface area contributed by atoms with Crippen LogP contribution in [0.15, 0.2) is 42.1 Å². The Balaban J connectivity index is -0.000000509. The minimum atomic E-state index is 1.04. The van der Waals surface area contributed by atoms with Crippen molar-refractivity contribution in [2.24, 2.45) is 0 Å². The van der Waals surface area contributed by atoms with E-state index in [1.54, 1.807) is 0 Å². The van der Waals surface area contributed by atoms with Gasteiger partial charge in [-0.2, -0.15) is 0 Å². The fraction of sp³-hybridized carbons (Fsp3) is 0.583. The number of piperazine rings is 1. The summed E-state index contributed by atoms with van der Waals surface area (Å²) in [4.78, 5) is 4.88. The molecule has 1 aliphatic heterocycles. The van der Waals surface area contributed by atoms with Crippen molar-refractivity contribution >= 4 is 0 Å². The number of benzene rings is 1. The molecule has 1 heterocycles. The third-order valence-electron chi connectivity index (χ3n) is 3.49. The zero-order chi connectivity index (χ0) is 20.8. The molecule has 0 radical (unpaired) electrons. The topological polar surface area (TPSA) is 6.48 Å². The molecule has 1 saturated heterocycles. The fourth-order valence-corrected chi connectivity index (χ4v) is 2.20. The van der Waals surface area contributed by atoms with Crippen LogP contribution in [0, 0.1) is 12.8 Å². The second-order valence-electron chi connectivity index (χ2n) is 5.38. The summed E-state index contributed by atoms with van der Waals surface area (Å²) >= 11 is 0. The molecule has 26 heavy (non-hydrogen) atoms. The monoisotopic (exact) mass is 360 g/mol. The van der Waals surface area contributed by atoms with Gasteiger partial charge in [-0.3, -0.25) is 4.90 Å². The average molecular weight is 361 g/mol. The summed E-state index contributed by atoms with van der Waals surface area (Å²) in [6, 6.07) is 10.7. The number of rotatable bonds is 3. The second kappa shape index (κ2) is 23.3. The number of hydrogen-bond acceptors (Lipinski definition) is 2. The summed E-state index contributed by atoms with van der Waals surface area (Å²) in [6.07, 6.45) is 12.7. The number of hydrogen-bond donors (Lipinski definition) is 0. The standard InChI is InChI=1S/C15H22N2.C3H8.2C2H6.C2H2/c1-3-17-12-11-16(2)15(13-17)10-9-14-7-5-4-6-8-14;1-3-2;3*1-2/h4-8,10H,3,9,11-13H2,1-2H3;3H2,1-2H3;2*1-2H3;1-2H/b15-10-;;;;. The summed E-state index contributed by atoms with van der Waals surface area (Å²) in [5.41, 5.74) is 2.85. The second-order valence-corrected chi connectivity index (χ2v) is 5.38. The predicted molar refractivity (Wildman–Crippen MR) is 122 cm³/mol. The molecule has 1 aliphatic rings. The Morgan fingerprint density at radius 2 is 1.42 bits per heavy atom. The average Bonchev–Trinajstić information content (AvgIpc) is 2.73. The van der Waals surface area contributed by atoms with E-state index >= 15 is 0 Å². The van der Waals surface area contributed by atoms with Crippen LogP contribution in [0.1, 0.15) is 60.5 Å². The van der Waals surface area contributed by atoms with Gasteiger partial charge in [0.25, 0.3) is 0 Å². The van der Waals surface area contributed by atoms with Crippen molar-refractivity contribution in [3.8, 4) is 12.8 Å². The summed E-state index contributed by atoms with van der Waals surface area (Å²) in [6.45, 7) is 19.1. The van der Waals surface area contributed by atoms with Crippen LogP contribution in [-0.2, 0) is 6.42 Å². The van der Waals surface area contributed by atoms with Crippen LogP contribution in [-0.4, -0.2) is 43.0 Å². The molecule has 0 bridgehead atoms. The SMILES string of the molecule is C#C.CC.CC.CCC.CCN1CCN(C)/C(=C\Cc2ccccc2)C1. The van der Waals surface area contributed by atoms with Crippen molar-refractivity contribution < 1.29 is 0 Å². The lowest BCUT2D eigenvalue weighted by Gasteiger charge is -2.35. The molecule has 1 fully saturated rings. The molecule has 1 aromatic rings. The predicted octanol–water partition coefficient (Wildman–Crippen LogP) is 6.10. The van der Waals surface area contributed by atoms with Crippen LogP contribution in [0.4, 0.5) is 0 Å². The quantitative estimate of drug-likeness (QED) is 0.601. The molecule has 0 spiro atoms. The molecule has 2 rings (SSSR count). The molecule has 0 N–H and O–H groups in total. The van der Waals surface area contributed by atoms with Crippen molar-refractivity contribution in [1.29, 1.82) is 0 Å². The lowest BCUT2D eigenvalue weighted by atomic mass is 10.1. The van der Waals surface area contributed by atoms with Crippen molar-refractivity contribution in [3.63, 3.8) is 0 Å². The largest absolute Gasteiger partial charge is 0.376 e. The molecule has 0 atom stereocenters. The van der Waals surface area contributed by atoms with E-state index in [2.05, 4.69) is 86.9 Å². The maximum absolute atomic E-state index is 4.00. The summed E-state index contributed by atoms with van der Waals surface area (Å²) in [5.74, 6) is 0. The van der Waals surface area contributed by atoms with Gasteiger partial charge in [0.2, 0.25) is 0 Å². The molecule has 2 nitrogen and oxygen atoms in total. The van der Waals surface area contributed by atoms with Crippen LogP contribution < -0.4 is 0 Å². The van der Waals surface area contributed by atoms with Gasteiger partial charge in [-0.05, 0) is 18.5 Å². The normalized spacial score (nSPS) is 14.2. The maximum Gasteiger partial charge on any atom is 0.0381 e. The molecule has 0 aromatic heterocycles. The molecule has 0 amide bonds. The first-order valence-corrected chi connectivity index (χ1v) is 10.2. The van der Waals surface area contributed by atoms with Gasteiger partial charge < -0.3 is 4.90 Å². The van der Waals surface area contributed by atoms with Gasteiger partial charge in [-0.15, -0.1) is 12.8 Å². The molecular formula is C24H44N2. The molecule has 0 aliphatic carbocycles. The number of terminal acetylenes is 1. The molecule has 150 valence electrons. The van der Waals surface area contributed by atoms with E-state index in [4.69, 9.17) is 0 Å². The highest BCUT2D eigenvalue weighted by Gasteiger charge is 2.15. The lowest BCUT2D eigenvalue weighted by Crippen LogP contribution is -2.42. The highest BCUT2D eigenvalue weighted by atomic mass is 15.3. The smallest absolute Gasteiger partial charge is 0.0381 e. The molecule has 0 unspecified atom stereocenters. The Morgan fingerprint density at radius 1 is 0.923 bits per heavy atom. The Morgan fingerprint density at radius 3 is 1.88 bits per heavy atom. The Bertz CT molecular complexity index is 420. The van der Waals surface area contributed by atoms with E-state index in [9.17, 15) is 0 Å². The maximum atomic E-state index is 4.00. The minimum Gasteiger partial charge on any atom is -0.376 e. The molecule has 0 saturated carbocycles. The van der Waals surface area contributed by atoms with Crippen molar-refractivity contribution in [3.05, 3.63) is 47.7 Å². The first kappa shape index (κ1) is 29.1. The highest BCUT2D eigenvalue weighted by molar-refractivity contribution is 5.19. The zero-order valence-corrected chi connectivity index (χ0v) is 18.8. The van der Waals surface area contributed by atoms with E-state index in [0.29, 0.717) is 0 Å². The van der Waals surface area contributed by atoms with E-state index in [1.807, 2.05) is 27.7 Å². The van der Waals surface area contributed by atoms with Gasteiger partial charge in [0.05, 0.1) is 0 Å². The highest BCUT2D eigenvalue weighted by Crippen LogP contribution is 2.12. The Labute approximate surface area is 165 Å².